The largest absolute Gasteiger partial charge is 0.444 e. The number of nitrogens with one attached hydrogen (secondary N) is 1. The van der Waals surface area contributed by atoms with Gasteiger partial charge in [-0.2, -0.15) is 18.4 Å². The molecule has 0 saturated carbocycles. The Balaban J connectivity index is 2.78. The van der Waals surface area contributed by atoms with Crippen LogP contribution in [0.2, 0.25) is 0 Å². The average Bonchev–Trinajstić information content (AvgIpc) is 2.71. The number of rotatable bonds is 5. The second-order valence-electron chi connectivity index (χ2n) is 5.26. The summed E-state index contributed by atoms with van der Waals surface area (Å²) in [6.45, 7) is 3.91. The van der Waals surface area contributed by atoms with E-state index in [0.29, 0.717) is 11.3 Å². The van der Waals surface area contributed by atoms with Gasteiger partial charge in [0.1, 0.15) is 17.4 Å². The van der Waals surface area contributed by atoms with Gasteiger partial charge in [0.25, 0.3) is 0 Å². The molecule has 2 atom stereocenters. The predicted molar refractivity (Wildman–Crippen MR) is 75.7 cm³/mol. The number of nitrogens with zero attached hydrogens (tertiary/aromatic N) is 2. The maximum absolute atomic E-state index is 12.3. The summed E-state index contributed by atoms with van der Waals surface area (Å²) in [7, 11) is 1.28. The summed E-state index contributed by atoms with van der Waals surface area (Å²) in [6.07, 6.45) is -7.31. The average molecular weight is 333 g/mol. The maximum Gasteiger partial charge on any atom is 0.415 e. The van der Waals surface area contributed by atoms with Crippen LogP contribution < -0.4 is 5.32 Å². The molecule has 1 rings (SSSR count). The molecule has 0 aliphatic carbocycles. The van der Waals surface area contributed by atoms with Crippen LogP contribution in [0.5, 0.6) is 0 Å². The molecular formula is C14H18F3N3O3. The number of hydrogen-bond acceptors (Lipinski definition) is 5. The van der Waals surface area contributed by atoms with Gasteiger partial charge in [-0.1, -0.05) is 0 Å². The predicted octanol–water partition coefficient (Wildman–Crippen LogP) is 1.95. The third-order valence-corrected chi connectivity index (χ3v) is 3.61. The summed E-state index contributed by atoms with van der Waals surface area (Å²) in [6, 6.07) is 0.931. The Bertz CT molecular complexity index is 619. The maximum atomic E-state index is 12.3. The van der Waals surface area contributed by atoms with Crippen LogP contribution in [0, 0.1) is 25.2 Å². The summed E-state index contributed by atoms with van der Waals surface area (Å²) in [5, 5.41) is 20.5. The van der Waals surface area contributed by atoms with Gasteiger partial charge >= 0.3 is 6.18 Å². The molecule has 1 aromatic heterocycles. The van der Waals surface area contributed by atoms with Crippen LogP contribution in [-0.4, -0.2) is 47.8 Å². The van der Waals surface area contributed by atoms with Gasteiger partial charge < -0.3 is 9.52 Å². The molecule has 0 radical (unpaired) electrons. The zero-order valence-corrected chi connectivity index (χ0v) is 13.2. The van der Waals surface area contributed by atoms with E-state index in [1.807, 2.05) is 6.07 Å². The van der Waals surface area contributed by atoms with Gasteiger partial charge in [0.15, 0.2) is 6.10 Å². The molecule has 23 heavy (non-hydrogen) atoms. The fourth-order valence-electron chi connectivity index (χ4n) is 1.80. The summed E-state index contributed by atoms with van der Waals surface area (Å²) >= 11 is 0. The standard InChI is InChI=1S/C14H18F3N3O3/c1-7-9(3)23-13(10(7)5-18)19-12(22)8(2)20(4)6-11(21)14(15,16)17/h8,11,21H,6H2,1-4H3,(H,19,22). The Kier molecular flexibility index (Phi) is 5.80. The number of anilines is 1. The number of halogens is 3. The van der Waals surface area contributed by atoms with E-state index in [1.165, 1.54) is 14.0 Å². The summed E-state index contributed by atoms with van der Waals surface area (Å²) in [5.41, 5.74) is 0.748. The number of aliphatic hydroxyl groups excluding tert-OH is 1. The van der Waals surface area contributed by atoms with Crippen molar-refractivity contribution in [1.82, 2.24) is 4.90 Å². The highest BCUT2D eigenvalue weighted by atomic mass is 19.4. The van der Waals surface area contributed by atoms with Crippen molar-refractivity contribution < 1.29 is 27.5 Å². The normalized spacial score (nSPS) is 14.4. The fraction of sp³-hybridized carbons (Fsp3) is 0.571. The molecule has 0 aliphatic heterocycles. The monoisotopic (exact) mass is 333 g/mol. The molecule has 0 fully saturated rings. The number of aliphatic hydroxyl groups is 1. The van der Waals surface area contributed by atoms with Gasteiger partial charge in [0, 0.05) is 12.1 Å². The van der Waals surface area contributed by atoms with Crippen LogP contribution in [0.1, 0.15) is 23.8 Å². The fourth-order valence-corrected chi connectivity index (χ4v) is 1.80. The van der Waals surface area contributed by atoms with Gasteiger partial charge in [-0.05, 0) is 27.8 Å². The molecule has 1 aromatic rings. The Morgan fingerprint density at radius 1 is 1.48 bits per heavy atom. The number of likely N-dealkylation sites (N-methyl/N-ethyl adjacent to an activating group) is 1. The van der Waals surface area contributed by atoms with Crippen LogP contribution in [-0.2, 0) is 4.79 Å². The Morgan fingerprint density at radius 2 is 2.04 bits per heavy atom. The third kappa shape index (κ3) is 4.46. The van der Waals surface area contributed by atoms with Crippen molar-refractivity contribution in [3.05, 3.63) is 16.9 Å². The van der Waals surface area contributed by atoms with E-state index in [-0.39, 0.29) is 11.4 Å². The van der Waals surface area contributed by atoms with Crippen molar-refractivity contribution in [3.8, 4) is 6.07 Å². The smallest absolute Gasteiger partial charge is 0.415 e. The minimum Gasteiger partial charge on any atom is -0.444 e. The second kappa shape index (κ2) is 7.02. The lowest BCUT2D eigenvalue weighted by Crippen LogP contribution is -2.46. The van der Waals surface area contributed by atoms with E-state index < -0.39 is 30.8 Å². The number of carbonyl (C=O) groups excluding carboxylic acids is 1. The quantitative estimate of drug-likeness (QED) is 0.860. The number of aryl methyl sites for hydroxylation is 1. The molecule has 0 bridgehead atoms. The van der Waals surface area contributed by atoms with E-state index in [2.05, 4.69) is 5.32 Å². The van der Waals surface area contributed by atoms with Crippen molar-refractivity contribution in [3.63, 3.8) is 0 Å². The minimum atomic E-state index is -4.76. The van der Waals surface area contributed by atoms with Crippen molar-refractivity contribution in [2.75, 3.05) is 18.9 Å². The second-order valence-corrected chi connectivity index (χ2v) is 5.26. The van der Waals surface area contributed by atoms with Crippen LogP contribution >= 0.6 is 0 Å². The first-order valence-corrected chi connectivity index (χ1v) is 6.75. The highest BCUT2D eigenvalue weighted by Gasteiger charge is 2.39. The Hall–Kier alpha value is -2.05. The van der Waals surface area contributed by atoms with E-state index in [4.69, 9.17) is 14.8 Å². The first kappa shape index (κ1) is 19.0. The molecule has 128 valence electrons. The van der Waals surface area contributed by atoms with Gasteiger partial charge in [-0.15, -0.1) is 0 Å². The topological polar surface area (TPSA) is 89.5 Å². The zero-order valence-electron chi connectivity index (χ0n) is 13.2. The summed E-state index contributed by atoms with van der Waals surface area (Å²) < 4.78 is 42.3. The van der Waals surface area contributed by atoms with Crippen molar-refractivity contribution in [2.24, 2.45) is 0 Å². The van der Waals surface area contributed by atoms with Crippen LogP contribution in [0.4, 0.5) is 19.1 Å². The first-order chi connectivity index (χ1) is 10.5. The van der Waals surface area contributed by atoms with Gasteiger partial charge in [-0.25, -0.2) is 0 Å². The van der Waals surface area contributed by atoms with Gasteiger partial charge in [0.2, 0.25) is 11.8 Å². The molecule has 2 N–H and O–H groups in total. The van der Waals surface area contributed by atoms with Crippen molar-refractivity contribution in [1.29, 1.82) is 5.26 Å². The number of nitriles is 1. The lowest BCUT2D eigenvalue weighted by molar-refractivity contribution is -0.208. The van der Waals surface area contributed by atoms with Gasteiger partial charge in [-0.3, -0.25) is 15.0 Å². The molecule has 9 heteroatoms. The minimum absolute atomic E-state index is 0.0379. The lowest BCUT2D eigenvalue weighted by atomic mass is 10.2. The van der Waals surface area contributed by atoms with E-state index >= 15 is 0 Å². The number of amides is 1. The number of furan rings is 1. The van der Waals surface area contributed by atoms with Gasteiger partial charge in [0.05, 0.1) is 6.04 Å². The van der Waals surface area contributed by atoms with Crippen LogP contribution in [0.15, 0.2) is 4.42 Å². The highest BCUT2D eigenvalue weighted by Crippen LogP contribution is 2.26. The lowest BCUT2D eigenvalue weighted by Gasteiger charge is -2.26. The first-order valence-electron chi connectivity index (χ1n) is 6.75. The molecule has 0 aliphatic rings. The number of carbonyl (C=O) groups is 1. The Labute approximate surface area is 131 Å². The number of hydrogen-bond donors (Lipinski definition) is 2. The zero-order chi connectivity index (χ0) is 17.9. The highest BCUT2D eigenvalue weighted by molar-refractivity contribution is 5.94. The summed E-state index contributed by atoms with van der Waals surface area (Å²) in [5.74, 6) is -0.221. The van der Waals surface area contributed by atoms with E-state index in [9.17, 15) is 18.0 Å². The molecule has 1 amide bonds. The van der Waals surface area contributed by atoms with Crippen LogP contribution in [0.25, 0.3) is 0 Å². The SMILES string of the molecule is Cc1oc(NC(=O)C(C)N(C)CC(O)C(F)(F)F)c(C#N)c1C. The molecule has 0 saturated heterocycles. The molecule has 6 nitrogen and oxygen atoms in total. The summed E-state index contributed by atoms with van der Waals surface area (Å²) in [4.78, 5) is 13.1. The van der Waals surface area contributed by atoms with Crippen LogP contribution in [0.3, 0.4) is 0 Å². The molecule has 1 heterocycles. The Morgan fingerprint density at radius 3 is 2.52 bits per heavy atom. The van der Waals surface area contributed by atoms with Crippen molar-refractivity contribution in [2.45, 2.75) is 39.1 Å². The number of alkyl halides is 3. The molecule has 2 unspecified atom stereocenters. The molecule has 0 spiro atoms. The third-order valence-electron chi connectivity index (χ3n) is 3.61. The molecular weight excluding hydrogens is 315 g/mol. The molecule has 0 aromatic carbocycles. The van der Waals surface area contributed by atoms with Crippen molar-refractivity contribution >= 4 is 11.8 Å². The van der Waals surface area contributed by atoms with E-state index in [0.717, 1.165) is 4.90 Å². The van der Waals surface area contributed by atoms with E-state index in [1.54, 1.807) is 13.8 Å².